The predicted octanol–water partition coefficient (Wildman–Crippen LogP) is 2.63. The largest absolute Gasteiger partial charge is 0.479 e. The quantitative estimate of drug-likeness (QED) is 0.483. The summed E-state index contributed by atoms with van der Waals surface area (Å²) in [6.45, 7) is 2.45. The Morgan fingerprint density at radius 1 is 1.39 bits per heavy atom. The lowest BCUT2D eigenvalue weighted by Gasteiger charge is -2.45. The maximum Gasteiger partial charge on any atom is 0.338 e. The molecule has 168 valence electrons. The van der Waals surface area contributed by atoms with Crippen LogP contribution in [0.3, 0.4) is 0 Å². The van der Waals surface area contributed by atoms with Crippen LogP contribution in [0.5, 0.6) is 0 Å². The van der Waals surface area contributed by atoms with Gasteiger partial charge in [0.25, 0.3) is 0 Å². The van der Waals surface area contributed by atoms with E-state index in [0.29, 0.717) is 38.0 Å². The molecule has 0 radical (unpaired) electrons. The molecule has 11 heteroatoms. The van der Waals surface area contributed by atoms with E-state index in [1.165, 1.54) is 0 Å². The average molecular weight is 497 g/mol. The van der Waals surface area contributed by atoms with Crippen molar-refractivity contribution < 1.29 is 19.4 Å². The van der Waals surface area contributed by atoms with Crippen molar-refractivity contribution in [3.63, 3.8) is 0 Å². The van der Waals surface area contributed by atoms with Crippen molar-refractivity contribution in [2.24, 2.45) is 17.6 Å². The number of anilines is 1. The number of hydrogen-bond acceptors (Lipinski definition) is 6. The number of nitrogens with one attached hydrogen (secondary N) is 1. The van der Waals surface area contributed by atoms with Gasteiger partial charge >= 0.3 is 5.97 Å². The van der Waals surface area contributed by atoms with Gasteiger partial charge in [-0.15, -0.1) is 0 Å². The van der Waals surface area contributed by atoms with Crippen LogP contribution in [0.4, 0.5) is 10.2 Å². The number of aliphatic carboxylic acids is 1. The third kappa shape index (κ3) is 3.73. The average Bonchev–Trinajstić information content (AvgIpc) is 3.38. The number of fused-ring (bicyclic) bond motifs is 1. The Bertz CT molecular complexity index is 1010. The van der Waals surface area contributed by atoms with Gasteiger partial charge in [0.2, 0.25) is 0 Å². The van der Waals surface area contributed by atoms with Gasteiger partial charge in [-0.3, -0.25) is 4.68 Å². The summed E-state index contributed by atoms with van der Waals surface area (Å²) in [6.07, 6.45) is 5.85. The second-order valence-electron chi connectivity index (χ2n) is 8.41. The van der Waals surface area contributed by atoms with Gasteiger partial charge in [-0.25, -0.2) is 13.9 Å². The van der Waals surface area contributed by atoms with E-state index in [9.17, 15) is 9.18 Å². The summed E-state index contributed by atoms with van der Waals surface area (Å²) in [5.41, 5.74) is 7.57. The molecule has 3 heterocycles. The predicted molar refractivity (Wildman–Crippen MR) is 117 cm³/mol. The molecule has 5 N–H and O–H groups in total. The Morgan fingerprint density at radius 2 is 2.10 bits per heavy atom. The summed E-state index contributed by atoms with van der Waals surface area (Å²) >= 11 is 3.66. The SMILES string of the molecule is C[C@@]1(C2CCC(C(F)C(=O)O)CC2)Nc2c(-c3cnn(CCO)c3)cnn2C(N)=C1Br. The van der Waals surface area contributed by atoms with Crippen LogP contribution in [0, 0.1) is 11.8 Å². The second-order valence-corrected chi connectivity index (χ2v) is 9.21. The summed E-state index contributed by atoms with van der Waals surface area (Å²) in [6, 6.07) is 0. The zero-order valence-corrected chi connectivity index (χ0v) is 18.7. The lowest BCUT2D eigenvalue weighted by atomic mass is 9.71. The van der Waals surface area contributed by atoms with Crippen LogP contribution in [0.1, 0.15) is 32.6 Å². The van der Waals surface area contributed by atoms with Crippen molar-refractivity contribution in [3.8, 4) is 11.1 Å². The lowest BCUT2D eigenvalue weighted by Crippen LogP contribution is -2.49. The van der Waals surface area contributed by atoms with E-state index >= 15 is 0 Å². The maximum atomic E-state index is 14.0. The third-order valence-electron chi connectivity index (χ3n) is 6.57. The maximum absolute atomic E-state index is 14.0. The molecular weight excluding hydrogens is 471 g/mol. The van der Waals surface area contributed by atoms with Gasteiger partial charge in [-0.1, -0.05) is 0 Å². The van der Waals surface area contributed by atoms with E-state index < -0.39 is 23.6 Å². The highest BCUT2D eigenvalue weighted by Crippen LogP contribution is 2.48. The number of carboxylic acid groups (broad SMARTS) is 1. The first-order valence-corrected chi connectivity index (χ1v) is 11.1. The van der Waals surface area contributed by atoms with Gasteiger partial charge in [-0.05, 0) is 54.5 Å². The molecule has 1 fully saturated rings. The Labute approximate surface area is 187 Å². The Morgan fingerprint density at radius 3 is 2.74 bits per heavy atom. The zero-order valence-electron chi connectivity index (χ0n) is 17.1. The standard InChI is InChI=1S/C20H26BrFN6O3/c1-20(13-4-2-11(3-5-13)15(22)19(30)31)16(21)17(23)28-18(26-20)14(9-25-28)12-8-24-27(10-12)6-7-29/h8-11,13,15,26,29H,2-7,23H2,1H3,(H,30,31)/t11?,13?,15?,20-/m0/s1. The number of hydrogen-bond donors (Lipinski definition) is 4. The Balaban J connectivity index is 1.61. The van der Waals surface area contributed by atoms with E-state index in [0.717, 1.165) is 21.4 Å². The van der Waals surface area contributed by atoms with Crippen molar-refractivity contribution in [3.05, 3.63) is 23.1 Å². The van der Waals surface area contributed by atoms with E-state index in [4.69, 9.17) is 15.9 Å². The normalized spacial score (nSPS) is 27.0. The number of rotatable bonds is 6. The van der Waals surface area contributed by atoms with Crippen molar-refractivity contribution in [1.82, 2.24) is 19.6 Å². The molecule has 1 saturated carbocycles. The molecule has 9 nitrogen and oxygen atoms in total. The Kier molecular flexibility index (Phi) is 5.82. The minimum atomic E-state index is -1.82. The molecule has 1 unspecified atom stereocenters. The van der Waals surface area contributed by atoms with Crippen molar-refractivity contribution in [2.45, 2.75) is 50.9 Å². The van der Waals surface area contributed by atoms with Gasteiger partial charge in [-0.2, -0.15) is 10.2 Å². The van der Waals surface area contributed by atoms with Crippen LogP contribution in [-0.4, -0.2) is 54.1 Å². The lowest BCUT2D eigenvalue weighted by molar-refractivity contribution is -0.145. The molecule has 0 spiro atoms. The fraction of sp³-hybridized carbons (Fsp3) is 0.550. The van der Waals surface area contributed by atoms with Gasteiger partial charge in [0.1, 0.15) is 11.6 Å². The number of carbonyl (C=O) groups is 1. The highest BCUT2D eigenvalue weighted by atomic mass is 79.9. The molecule has 0 amide bonds. The summed E-state index contributed by atoms with van der Waals surface area (Å²) in [7, 11) is 0. The summed E-state index contributed by atoms with van der Waals surface area (Å²) in [5, 5.41) is 30.4. The van der Waals surface area contributed by atoms with E-state index in [1.807, 2.05) is 6.20 Å². The summed E-state index contributed by atoms with van der Waals surface area (Å²) in [4.78, 5) is 11.0. The molecule has 0 aromatic carbocycles. The number of alkyl halides is 1. The minimum Gasteiger partial charge on any atom is -0.479 e. The number of aliphatic hydroxyl groups is 1. The molecule has 2 aromatic rings. The van der Waals surface area contributed by atoms with Crippen LogP contribution in [0.25, 0.3) is 16.9 Å². The molecule has 0 bridgehead atoms. The smallest absolute Gasteiger partial charge is 0.338 e. The van der Waals surface area contributed by atoms with Crippen molar-refractivity contribution >= 4 is 33.5 Å². The summed E-state index contributed by atoms with van der Waals surface area (Å²) in [5.74, 6) is -0.499. The third-order valence-corrected chi connectivity index (χ3v) is 7.80. The molecule has 31 heavy (non-hydrogen) atoms. The van der Waals surface area contributed by atoms with E-state index in [-0.39, 0.29) is 12.5 Å². The van der Waals surface area contributed by atoms with Crippen LogP contribution >= 0.6 is 15.9 Å². The second kappa shape index (κ2) is 8.27. The van der Waals surface area contributed by atoms with Gasteiger partial charge < -0.3 is 21.3 Å². The van der Waals surface area contributed by atoms with Gasteiger partial charge in [0.05, 0.1) is 35.6 Å². The molecule has 1 aliphatic heterocycles. The minimum absolute atomic E-state index is 0.00349. The van der Waals surface area contributed by atoms with Crippen molar-refractivity contribution in [2.75, 3.05) is 11.9 Å². The first kappa shape index (κ1) is 21.8. The molecular formula is C20H26BrFN6O3. The molecule has 1 aliphatic carbocycles. The first-order valence-electron chi connectivity index (χ1n) is 10.3. The fourth-order valence-electron chi connectivity index (χ4n) is 4.72. The number of nitrogens with two attached hydrogens (primary N) is 1. The fourth-order valence-corrected chi connectivity index (χ4v) is 5.31. The zero-order chi connectivity index (χ0) is 22.3. The Hall–Kier alpha value is -2.40. The molecule has 2 atom stereocenters. The monoisotopic (exact) mass is 496 g/mol. The van der Waals surface area contributed by atoms with Crippen LogP contribution in [-0.2, 0) is 11.3 Å². The van der Waals surface area contributed by atoms with Gasteiger partial charge in [0, 0.05) is 23.2 Å². The van der Waals surface area contributed by atoms with Crippen LogP contribution in [0.2, 0.25) is 0 Å². The highest BCUT2D eigenvalue weighted by molar-refractivity contribution is 9.12. The van der Waals surface area contributed by atoms with Crippen molar-refractivity contribution in [1.29, 1.82) is 0 Å². The topological polar surface area (TPSA) is 131 Å². The molecule has 4 rings (SSSR count). The molecule has 2 aliphatic rings. The highest BCUT2D eigenvalue weighted by Gasteiger charge is 2.45. The molecule has 2 aromatic heterocycles. The summed E-state index contributed by atoms with van der Waals surface area (Å²) < 4.78 is 18.1. The number of nitrogens with zero attached hydrogens (tertiary/aromatic N) is 4. The van der Waals surface area contributed by atoms with Crippen LogP contribution in [0.15, 0.2) is 23.1 Å². The first-order chi connectivity index (χ1) is 14.8. The van der Waals surface area contributed by atoms with Crippen LogP contribution < -0.4 is 11.1 Å². The number of aliphatic hydroxyl groups excluding tert-OH is 1. The number of carboxylic acids is 1. The molecule has 0 saturated heterocycles. The number of halogens is 2. The van der Waals surface area contributed by atoms with E-state index in [2.05, 4.69) is 38.4 Å². The van der Waals surface area contributed by atoms with Gasteiger partial charge in [0.15, 0.2) is 6.17 Å². The van der Waals surface area contributed by atoms with E-state index in [1.54, 1.807) is 21.8 Å². The number of aromatic nitrogens is 4.